The van der Waals surface area contributed by atoms with Gasteiger partial charge in [0.15, 0.2) is 5.78 Å². The van der Waals surface area contributed by atoms with Gasteiger partial charge in [0, 0.05) is 33.8 Å². The van der Waals surface area contributed by atoms with E-state index in [-0.39, 0.29) is 5.78 Å². The van der Waals surface area contributed by atoms with Gasteiger partial charge in [0.25, 0.3) is 0 Å². The summed E-state index contributed by atoms with van der Waals surface area (Å²) in [5.41, 5.74) is 0.619. The molecule has 94 valence electrons. The molecule has 16 heavy (non-hydrogen) atoms. The average Bonchev–Trinajstić information content (AvgIpc) is 2.30. The van der Waals surface area contributed by atoms with Crippen molar-refractivity contribution in [3.8, 4) is 0 Å². The molecule has 0 bridgehead atoms. The first-order chi connectivity index (χ1) is 7.51. The van der Waals surface area contributed by atoms with E-state index >= 15 is 0 Å². The van der Waals surface area contributed by atoms with E-state index in [1.165, 1.54) is 0 Å². The fraction of sp³-hybridized carbons (Fsp3) is 0.727. The van der Waals surface area contributed by atoms with Crippen molar-refractivity contribution in [2.24, 2.45) is 0 Å². The second-order valence-electron chi connectivity index (χ2n) is 3.71. The molecule has 0 rings (SSSR count). The highest BCUT2D eigenvalue weighted by molar-refractivity contribution is 6.60. The zero-order valence-electron chi connectivity index (χ0n) is 10.7. The predicted molar refractivity (Wildman–Crippen MR) is 65.3 cm³/mol. The minimum Gasteiger partial charge on any atom is -0.377 e. The van der Waals surface area contributed by atoms with E-state index < -0.39 is 8.80 Å². The first-order valence-corrected chi connectivity index (χ1v) is 7.28. The van der Waals surface area contributed by atoms with Crippen LogP contribution in [0.2, 0.25) is 6.04 Å². The van der Waals surface area contributed by atoms with Crippen molar-refractivity contribution in [2.75, 3.05) is 21.3 Å². The molecule has 0 N–H and O–H groups in total. The highest BCUT2D eigenvalue weighted by Gasteiger charge is 2.36. The molecule has 0 amide bonds. The third-order valence-electron chi connectivity index (χ3n) is 2.55. The van der Waals surface area contributed by atoms with Crippen LogP contribution in [0.15, 0.2) is 12.2 Å². The van der Waals surface area contributed by atoms with Gasteiger partial charge in [-0.2, -0.15) is 0 Å². The number of unbranched alkanes of at least 4 members (excludes halogenated alkanes) is 1. The Hall–Kier alpha value is -0.493. The van der Waals surface area contributed by atoms with Gasteiger partial charge in [-0.3, -0.25) is 4.79 Å². The molecule has 0 heterocycles. The van der Waals surface area contributed by atoms with Gasteiger partial charge in [-0.1, -0.05) is 6.58 Å². The summed E-state index contributed by atoms with van der Waals surface area (Å²) in [5, 5.41) is 0. The van der Waals surface area contributed by atoms with Gasteiger partial charge in [0.1, 0.15) is 0 Å². The largest absolute Gasteiger partial charge is 0.500 e. The second kappa shape index (κ2) is 7.73. The molecular formula is C11H22O4Si. The summed E-state index contributed by atoms with van der Waals surface area (Å²) in [5.74, 6) is 0.125. The van der Waals surface area contributed by atoms with Crippen LogP contribution in [0.25, 0.3) is 0 Å². The fourth-order valence-electron chi connectivity index (χ4n) is 1.40. The predicted octanol–water partition coefficient (Wildman–Crippen LogP) is 2.18. The molecule has 0 unspecified atom stereocenters. The van der Waals surface area contributed by atoms with Crippen LogP contribution in [0.3, 0.4) is 0 Å². The fourth-order valence-corrected chi connectivity index (χ4v) is 3.19. The zero-order chi connectivity index (χ0) is 12.6. The van der Waals surface area contributed by atoms with E-state index in [0.717, 1.165) is 18.9 Å². The molecule has 0 aliphatic rings. The number of carbonyl (C=O) groups excluding carboxylic acids is 1. The summed E-state index contributed by atoms with van der Waals surface area (Å²) in [4.78, 5) is 11.3. The molecule has 0 aromatic heterocycles. The first kappa shape index (κ1) is 15.5. The van der Waals surface area contributed by atoms with Crippen molar-refractivity contribution in [1.29, 1.82) is 0 Å². The van der Waals surface area contributed by atoms with Gasteiger partial charge in [-0.15, -0.1) is 0 Å². The molecule has 0 aromatic carbocycles. The Bertz CT molecular complexity index is 228. The molecule has 0 saturated heterocycles. The zero-order valence-corrected chi connectivity index (χ0v) is 11.7. The van der Waals surface area contributed by atoms with Crippen molar-refractivity contribution in [2.45, 2.75) is 32.2 Å². The van der Waals surface area contributed by atoms with E-state index in [2.05, 4.69) is 6.58 Å². The Morgan fingerprint density at radius 3 is 2.00 bits per heavy atom. The molecule has 0 aromatic rings. The Balaban J connectivity index is 3.88. The summed E-state index contributed by atoms with van der Waals surface area (Å²) < 4.78 is 15.8. The number of rotatable bonds is 9. The lowest BCUT2D eigenvalue weighted by molar-refractivity contribution is -0.115. The van der Waals surface area contributed by atoms with E-state index in [9.17, 15) is 4.79 Å². The Labute approximate surface area is 99.0 Å². The van der Waals surface area contributed by atoms with Crippen molar-refractivity contribution >= 4 is 14.6 Å². The van der Waals surface area contributed by atoms with Crippen LogP contribution >= 0.6 is 0 Å². The first-order valence-electron chi connectivity index (χ1n) is 5.35. The summed E-state index contributed by atoms with van der Waals surface area (Å²) in [6, 6.07) is 0.736. The average molecular weight is 246 g/mol. The quantitative estimate of drug-likeness (QED) is 0.355. The van der Waals surface area contributed by atoms with E-state index in [0.29, 0.717) is 12.0 Å². The second-order valence-corrected chi connectivity index (χ2v) is 6.80. The van der Waals surface area contributed by atoms with Crippen LogP contribution in [-0.4, -0.2) is 35.9 Å². The minimum absolute atomic E-state index is 0.125. The molecule has 0 fully saturated rings. The summed E-state index contributed by atoms with van der Waals surface area (Å²) in [6.45, 7) is 5.35. The van der Waals surface area contributed by atoms with Gasteiger partial charge in [0.05, 0.1) is 0 Å². The van der Waals surface area contributed by atoms with Crippen molar-refractivity contribution in [3.05, 3.63) is 12.2 Å². The number of hydrogen-bond acceptors (Lipinski definition) is 4. The maximum Gasteiger partial charge on any atom is 0.500 e. The molecule has 0 spiro atoms. The van der Waals surface area contributed by atoms with Crippen LogP contribution in [0.5, 0.6) is 0 Å². The number of Topliss-reactive ketones (excluding diaryl/α,β-unsaturated/α-hetero) is 1. The van der Waals surface area contributed by atoms with E-state index in [1.54, 1.807) is 28.3 Å². The van der Waals surface area contributed by atoms with Crippen LogP contribution < -0.4 is 0 Å². The van der Waals surface area contributed by atoms with Gasteiger partial charge in [-0.05, 0) is 25.3 Å². The van der Waals surface area contributed by atoms with Gasteiger partial charge in [0.2, 0.25) is 0 Å². The normalized spacial score (nSPS) is 11.5. The topological polar surface area (TPSA) is 44.8 Å². The standard InChI is InChI=1S/C11H22O4Si/c1-10(2)11(12)8-6-7-9-16(13-3,14-4)15-5/h1,6-9H2,2-5H3. The summed E-state index contributed by atoms with van der Waals surface area (Å²) in [7, 11) is 2.34. The number of hydrogen-bond donors (Lipinski definition) is 0. The van der Waals surface area contributed by atoms with Gasteiger partial charge in [-0.25, -0.2) is 0 Å². The molecule has 0 aliphatic heterocycles. The lowest BCUT2D eigenvalue weighted by Gasteiger charge is -2.24. The van der Waals surface area contributed by atoms with Crippen LogP contribution in [-0.2, 0) is 18.1 Å². The summed E-state index contributed by atoms with van der Waals surface area (Å²) in [6.07, 6.45) is 2.22. The third-order valence-corrected chi connectivity index (χ3v) is 5.38. The molecule has 0 aliphatic carbocycles. The lowest BCUT2D eigenvalue weighted by Crippen LogP contribution is -2.42. The number of allylic oxidation sites excluding steroid dienone is 1. The third kappa shape index (κ3) is 5.02. The van der Waals surface area contributed by atoms with Crippen molar-refractivity contribution in [1.82, 2.24) is 0 Å². The minimum atomic E-state index is -2.45. The van der Waals surface area contributed by atoms with Crippen LogP contribution in [0.1, 0.15) is 26.2 Å². The molecule has 0 atom stereocenters. The Morgan fingerprint density at radius 1 is 1.12 bits per heavy atom. The highest BCUT2D eigenvalue weighted by Crippen LogP contribution is 2.17. The van der Waals surface area contributed by atoms with Crippen LogP contribution in [0.4, 0.5) is 0 Å². The molecule has 4 nitrogen and oxygen atoms in total. The van der Waals surface area contributed by atoms with Crippen molar-refractivity contribution in [3.63, 3.8) is 0 Å². The summed E-state index contributed by atoms with van der Waals surface area (Å²) >= 11 is 0. The lowest BCUT2D eigenvalue weighted by atomic mass is 10.1. The van der Waals surface area contributed by atoms with E-state index in [4.69, 9.17) is 13.3 Å². The van der Waals surface area contributed by atoms with Crippen molar-refractivity contribution < 1.29 is 18.1 Å². The Kier molecular flexibility index (Phi) is 7.49. The Morgan fingerprint density at radius 2 is 1.62 bits per heavy atom. The van der Waals surface area contributed by atoms with Gasteiger partial charge >= 0.3 is 8.80 Å². The number of carbonyl (C=O) groups is 1. The highest BCUT2D eigenvalue weighted by atomic mass is 28.4. The molecular weight excluding hydrogens is 224 g/mol. The van der Waals surface area contributed by atoms with Crippen LogP contribution in [0, 0.1) is 0 Å². The number of ketones is 1. The monoisotopic (exact) mass is 246 g/mol. The van der Waals surface area contributed by atoms with E-state index in [1.807, 2.05) is 0 Å². The maximum atomic E-state index is 11.3. The molecule has 0 radical (unpaired) electrons. The molecule has 5 heteroatoms. The van der Waals surface area contributed by atoms with Gasteiger partial charge < -0.3 is 13.3 Å². The maximum absolute atomic E-state index is 11.3. The molecule has 0 saturated carbocycles. The smallest absolute Gasteiger partial charge is 0.377 e. The SMILES string of the molecule is C=C(C)C(=O)CCCC[Si](OC)(OC)OC.